The van der Waals surface area contributed by atoms with Gasteiger partial charge in [0.2, 0.25) is 11.6 Å². The molecule has 0 aliphatic carbocycles. The third-order valence-corrected chi connectivity index (χ3v) is 4.33. The lowest BCUT2D eigenvalue weighted by Gasteiger charge is -2.14. The summed E-state index contributed by atoms with van der Waals surface area (Å²) in [6.07, 6.45) is -0.509. The molecule has 0 fully saturated rings. The molecule has 134 valence electrons. The van der Waals surface area contributed by atoms with Crippen LogP contribution in [0, 0.1) is 23.3 Å². The van der Waals surface area contributed by atoms with Gasteiger partial charge in [0, 0.05) is 12.0 Å². The third kappa shape index (κ3) is 2.16. The molecule has 0 saturated heterocycles. The molecule has 1 unspecified atom stereocenters. The molecule has 1 atom stereocenters. The monoisotopic (exact) mass is 365 g/mol. The summed E-state index contributed by atoms with van der Waals surface area (Å²) in [6, 6.07) is 5.32. The number of halogens is 4. The summed E-state index contributed by atoms with van der Waals surface area (Å²) in [5.74, 6) is -7.30. The molecule has 1 amide bonds. The fourth-order valence-corrected chi connectivity index (χ4v) is 3.13. The molecule has 0 radical (unpaired) electrons. The Morgan fingerprint density at radius 1 is 1.12 bits per heavy atom. The lowest BCUT2D eigenvalue weighted by atomic mass is 10.0. The molecule has 0 spiro atoms. The van der Waals surface area contributed by atoms with Crippen molar-refractivity contribution >= 4 is 17.1 Å². The van der Waals surface area contributed by atoms with Gasteiger partial charge in [-0.2, -0.15) is 8.78 Å². The SMILES string of the molecule is COc1c(F)c(F)c(CC2NC(=O)n3c2nc2ccccc23)c(F)c1F. The van der Waals surface area contributed by atoms with Crippen LogP contribution in [0.15, 0.2) is 24.3 Å². The van der Waals surface area contributed by atoms with Crippen LogP contribution < -0.4 is 10.1 Å². The fourth-order valence-electron chi connectivity index (χ4n) is 3.13. The van der Waals surface area contributed by atoms with Crippen molar-refractivity contribution in [2.45, 2.75) is 12.5 Å². The first kappa shape index (κ1) is 16.4. The van der Waals surface area contributed by atoms with E-state index in [0.29, 0.717) is 11.0 Å². The van der Waals surface area contributed by atoms with Gasteiger partial charge in [-0.25, -0.2) is 23.1 Å². The molecule has 26 heavy (non-hydrogen) atoms. The van der Waals surface area contributed by atoms with Gasteiger partial charge in [-0.1, -0.05) is 12.1 Å². The largest absolute Gasteiger partial charge is 0.491 e. The Hall–Kier alpha value is -3.10. The van der Waals surface area contributed by atoms with Crippen LogP contribution in [-0.2, 0) is 6.42 Å². The molecule has 1 N–H and O–H groups in total. The minimum absolute atomic E-state index is 0.214. The maximum absolute atomic E-state index is 14.2. The van der Waals surface area contributed by atoms with Gasteiger partial charge in [0.25, 0.3) is 0 Å². The van der Waals surface area contributed by atoms with Crippen LogP contribution in [0.4, 0.5) is 22.4 Å². The first-order chi connectivity index (χ1) is 12.4. The Bertz CT molecular complexity index is 1030. The summed E-state index contributed by atoms with van der Waals surface area (Å²) in [7, 11) is 0.902. The zero-order valence-electron chi connectivity index (χ0n) is 13.3. The van der Waals surface area contributed by atoms with Gasteiger partial charge in [0.05, 0.1) is 24.2 Å². The Labute approximate surface area is 144 Å². The minimum atomic E-state index is -1.63. The van der Waals surface area contributed by atoms with E-state index in [1.165, 1.54) is 4.57 Å². The summed E-state index contributed by atoms with van der Waals surface area (Å²) in [4.78, 5) is 16.5. The number of benzene rings is 2. The lowest BCUT2D eigenvalue weighted by Crippen LogP contribution is -2.24. The summed E-state index contributed by atoms with van der Waals surface area (Å²) in [5, 5.41) is 2.51. The number of ether oxygens (including phenoxy) is 1. The van der Waals surface area contributed by atoms with E-state index in [1.54, 1.807) is 24.3 Å². The van der Waals surface area contributed by atoms with Gasteiger partial charge in [-0.05, 0) is 12.1 Å². The van der Waals surface area contributed by atoms with Crippen LogP contribution in [0.2, 0.25) is 0 Å². The van der Waals surface area contributed by atoms with E-state index in [-0.39, 0.29) is 5.82 Å². The number of para-hydroxylation sites is 2. The van der Waals surface area contributed by atoms with Crippen molar-refractivity contribution in [3.8, 4) is 5.75 Å². The number of carbonyl (C=O) groups is 1. The number of nitrogens with one attached hydrogen (secondary N) is 1. The molecule has 4 rings (SSSR count). The number of carbonyl (C=O) groups excluding carboxylic acids is 1. The number of amides is 1. The second kappa shape index (κ2) is 5.72. The molecule has 5 nitrogen and oxygen atoms in total. The number of imidazole rings is 1. The first-order valence-electron chi connectivity index (χ1n) is 7.61. The van der Waals surface area contributed by atoms with Gasteiger partial charge < -0.3 is 10.1 Å². The Morgan fingerprint density at radius 2 is 1.77 bits per heavy atom. The summed E-state index contributed by atoms with van der Waals surface area (Å²) >= 11 is 0. The lowest BCUT2D eigenvalue weighted by molar-refractivity contribution is 0.245. The van der Waals surface area contributed by atoms with Gasteiger partial charge in [-0.15, -0.1) is 0 Å². The maximum Gasteiger partial charge on any atom is 0.328 e. The highest BCUT2D eigenvalue weighted by Gasteiger charge is 2.35. The van der Waals surface area contributed by atoms with Crippen molar-refractivity contribution in [1.29, 1.82) is 0 Å². The number of hydrogen-bond donors (Lipinski definition) is 1. The highest BCUT2D eigenvalue weighted by Crippen LogP contribution is 2.34. The molecule has 1 aromatic heterocycles. The van der Waals surface area contributed by atoms with Crippen molar-refractivity contribution in [2.24, 2.45) is 0 Å². The maximum atomic E-state index is 14.2. The smallest absolute Gasteiger partial charge is 0.328 e. The molecule has 1 aliphatic rings. The van der Waals surface area contributed by atoms with E-state index >= 15 is 0 Å². The van der Waals surface area contributed by atoms with Gasteiger partial charge in [0.15, 0.2) is 17.4 Å². The molecule has 2 heterocycles. The van der Waals surface area contributed by atoms with Crippen molar-refractivity contribution in [2.75, 3.05) is 7.11 Å². The zero-order chi connectivity index (χ0) is 18.6. The highest BCUT2D eigenvalue weighted by atomic mass is 19.2. The van der Waals surface area contributed by atoms with E-state index in [2.05, 4.69) is 15.0 Å². The van der Waals surface area contributed by atoms with Crippen molar-refractivity contribution < 1.29 is 27.1 Å². The number of aromatic nitrogens is 2. The number of methoxy groups -OCH3 is 1. The van der Waals surface area contributed by atoms with Crippen molar-refractivity contribution in [3.05, 3.63) is 58.9 Å². The van der Waals surface area contributed by atoms with E-state index in [4.69, 9.17) is 0 Å². The van der Waals surface area contributed by atoms with E-state index < -0.39 is 53.1 Å². The van der Waals surface area contributed by atoms with E-state index in [9.17, 15) is 22.4 Å². The highest BCUT2D eigenvalue weighted by molar-refractivity contribution is 5.92. The number of nitrogens with zero attached hydrogens (tertiary/aromatic N) is 2. The molecule has 2 aromatic carbocycles. The topological polar surface area (TPSA) is 56.1 Å². The summed E-state index contributed by atoms with van der Waals surface area (Å²) in [5.41, 5.74) is 0.220. The predicted molar refractivity (Wildman–Crippen MR) is 82.9 cm³/mol. The first-order valence-corrected chi connectivity index (χ1v) is 7.61. The second-order valence-corrected chi connectivity index (χ2v) is 5.77. The predicted octanol–water partition coefficient (Wildman–Crippen LogP) is 3.46. The van der Waals surface area contributed by atoms with E-state index in [1.807, 2.05) is 0 Å². The second-order valence-electron chi connectivity index (χ2n) is 5.77. The number of hydrogen-bond acceptors (Lipinski definition) is 3. The molecule has 0 saturated carbocycles. The van der Waals surface area contributed by atoms with Crippen LogP contribution >= 0.6 is 0 Å². The fraction of sp³-hybridized carbons (Fsp3) is 0.176. The summed E-state index contributed by atoms with van der Waals surface area (Å²) < 4.78 is 61.9. The van der Waals surface area contributed by atoms with Crippen LogP contribution in [0.3, 0.4) is 0 Å². The quantitative estimate of drug-likeness (QED) is 0.571. The number of fused-ring (bicyclic) bond motifs is 3. The van der Waals surface area contributed by atoms with Crippen LogP contribution in [0.25, 0.3) is 11.0 Å². The van der Waals surface area contributed by atoms with Gasteiger partial charge >= 0.3 is 6.03 Å². The van der Waals surface area contributed by atoms with Crippen LogP contribution in [-0.4, -0.2) is 22.7 Å². The average Bonchev–Trinajstić information content (AvgIpc) is 3.15. The molecule has 0 bridgehead atoms. The Morgan fingerprint density at radius 3 is 2.42 bits per heavy atom. The van der Waals surface area contributed by atoms with Crippen LogP contribution in [0.5, 0.6) is 5.75 Å². The average molecular weight is 365 g/mol. The van der Waals surface area contributed by atoms with Gasteiger partial charge in [0.1, 0.15) is 5.82 Å². The number of rotatable bonds is 3. The van der Waals surface area contributed by atoms with E-state index in [0.717, 1.165) is 7.11 Å². The standard InChI is InChI=1S/C17H11F4N3O2/c1-26-15-13(20)11(18)7(12(19)14(15)21)6-9-16-22-8-4-2-3-5-10(8)24(16)17(25)23-9/h2-5,9H,6H2,1H3,(H,23,25). The van der Waals surface area contributed by atoms with Crippen molar-refractivity contribution in [3.63, 3.8) is 0 Å². The van der Waals surface area contributed by atoms with Crippen molar-refractivity contribution in [1.82, 2.24) is 14.9 Å². The molecule has 3 aromatic rings. The Kier molecular flexibility index (Phi) is 3.60. The normalized spacial score (nSPS) is 16.0. The zero-order valence-corrected chi connectivity index (χ0v) is 13.3. The summed E-state index contributed by atoms with van der Waals surface area (Å²) in [6.45, 7) is 0. The molecular formula is C17H11F4N3O2. The third-order valence-electron chi connectivity index (χ3n) is 4.33. The Balaban J connectivity index is 1.80. The molecule has 1 aliphatic heterocycles. The van der Waals surface area contributed by atoms with Gasteiger partial charge in [-0.3, -0.25) is 0 Å². The molecular weight excluding hydrogens is 354 g/mol. The van der Waals surface area contributed by atoms with Crippen LogP contribution in [0.1, 0.15) is 17.4 Å². The minimum Gasteiger partial charge on any atom is -0.491 e. The molecule has 9 heteroatoms.